The van der Waals surface area contributed by atoms with Crippen molar-refractivity contribution in [1.29, 1.82) is 0 Å². The second-order valence-electron chi connectivity index (χ2n) is 4.57. The van der Waals surface area contributed by atoms with E-state index in [1.54, 1.807) is 17.8 Å². The zero-order valence-corrected chi connectivity index (χ0v) is 14.0. The summed E-state index contributed by atoms with van der Waals surface area (Å²) in [6, 6.07) is 7.90. The summed E-state index contributed by atoms with van der Waals surface area (Å²) in [6.45, 7) is 4.91. The van der Waals surface area contributed by atoms with E-state index in [1.807, 2.05) is 37.3 Å². The minimum atomic E-state index is -0.00800. The quantitative estimate of drug-likeness (QED) is 0.782. The van der Waals surface area contributed by atoms with Crippen molar-refractivity contribution in [2.45, 2.75) is 13.8 Å². The molecule has 0 unspecified atom stereocenters. The van der Waals surface area contributed by atoms with E-state index in [0.29, 0.717) is 5.70 Å². The first kappa shape index (κ1) is 15.2. The number of rotatable bonds is 3. The van der Waals surface area contributed by atoms with Gasteiger partial charge in [0.15, 0.2) is 5.75 Å². The van der Waals surface area contributed by atoms with Gasteiger partial charge in [-0.2, -0.15) is 0 Å². The number of aliphatic imine (C=N–C) groups is 1. The molecule has 2 aliphatic rings. The Labute approximate surface area is 138 Å². The molecule has 1 aromatic rings. The zero-order chi connectivity index (χ0) is 15.5. The van der Waals surface area contributed by atoms with Crippen LogP contribution in [0.5, 0.6) is 5.75 Å². The molecule has 0 saturated carbocycles. The number of para-hydroxylation sites is 2. The van der Waals surface area contributed by atoms with Crippen LogP contribution in [0.4, 0.5) is 5.69 Å². The van der Waals surface area contributed by atoms with Gasteiger partial charge in [0.25, 0.3) is 0 Å². The van der Waals surface area contributed by atoms with Gasteiger partial charge in [-0.3, -0.25) is 4.79 Å². The molecule has 0 bridgehead atoms. The molecule has 0 N–H and O–H groups in total. The highest BCUT2D eigenvalue weighted by atomic mass is 32.2. The van der Waals surface area contributed by atoms with E-state index >= 15 is 0 Å². The number of thioether (sulfide) groups is 2. The first-order chi connectivity index (χ1) is 10.7. The Morgan fingerprint density at radius 3 is 2.91 bits per heavy atom. The van der Waals surface area contributed by atoms with Crippen LogP contribution >= 0.6 is 23.5 Å². The number of hydrogen-bond donors (Lipinski definition) is 0. The Kier molecular flexibility index (Phi) is 4.59. The number of benzene rings is 1. The van der Waals surface area contributed by atoms with Crippen LogP contribution in [0.3, 0.4) is 0 Å². The van der Waals surface area contributed by atoms with Crippen molar-refractivity contribution in [3.05, 3.63) is 48.0 Å². The van der Waals surface area contributed by atoms with E-state index < -0.39 is 0 Å². The fraction of sp³-hybridized carbons (Fsp3) is 0.250. The van der Waals surface area contributed by atoms with Crippen molar-refractivity contribution in [1.82, 2.24) is 0 Å². The SMILES string of the molecule is CCSC1=N/C(=C\C=C2/Oc3ccccc3N2CC)C(=O)S1. The Balaban J connectivity index is 1.85. The molecule has 0 spiro atoms. The van der Waals surface area contributed by atoms with Crippen molar-refractivity contribution in [2.24, 2.45) is 4.99 Å². The van der Waals surface area contributed by atoms with Crippen LogP contribution in [-0.4, -0.2) is 21.8 Å². The molecular formula is C16H16N2O2S2. The van der Waals surface area contributed by atoms with Gasteiger partial charge in [-0.1, -0.05) is 30.8 Å². The summed E-state index contributed by atoms with van der Waals surface area (Å²) in [5, 5.41) is -0.00800. The van der Waals surface area contributed by atoms with Crippen molar-refractivity contribution in [3.63, 3.8) is 0 Å². The van der Waals surface area contributed by atoms with Gasteiger partial charge in [-0.05, 0) is 42.6 Å². The van der Waals surface area contributed by atoms with Crippen LogP contribution in [0.15, 0.2) is 53.0 Å². The van der Waals surface area contributed by atoms with Gasteiger partial charge >= 0.3 is 0 Å². The monoisotopic (exact) mass is 332 g/mol. The topological polar surface area (TPSA) is 41.9 Å². The summed E-state index contributed by atoms with van der Waals surface area (Å²) >= 11 is 2.78. The molecule has 0 aliphatic carbocycles. The molecule has 0 atom stereocenters. The normalized spacial score (nSPS) is 20.5. The Morgan fingerprint density at radius 2 is 2.14 bits per heavy atom. The number of carbonyl (C=O) groups is 1. The molecule has 3 rings (SSSR count). The number of carbonyl (C=O) groups excluding carboxylic acids is 1. The molecule has 22 heavy (non-hydrogen) atoms. The summed E-state index contributed by atoms with van der Waals surface area (Å²) in [6.07, 6.45) is 3.56. The highest BCUT2D eigenvalue weighted by Gasteiger charge is 2.25. The molecule has 0 aromatic heterocycles. The maximum absolute atomic E-state index is 11.9. The van der Waals surface area contributed by atoms with E-state index in [0.717, 1.165) is 34.0 Å². The fourth-order valence-corrected chi connectivity index (χ4v) is 3.99. The lowest BCUT2D eigenvalue weighted by molar-refractivity contribution is -0.107. The Bertz CT molecular complexity index is 695. The molecule has 0 fully saturated rings. The molecule has 2 heterocycles. The minimum absolute atomic E-state index is 0.00800. The van der Waals surface area contributed by atoms with E-state index in [9.17, 15) is 4.79 Å². The van der Waals surface area contributed by atoms with E-state index in [-0.39, 0.29) is 5.12 Å². The summed E-state index contributed by atoms with van der Waals surface area (Å²) in [5.41, 5.74) is 1.52. The van der Waals surface area contributed by atoms with E-state index in [1.165, 1.54) is 11.8 Å². The average molecular weight is 332 g/mol. The smallest absolute Gasteiger partial charge is 0.244 e. The van der Waals surface area contributed by atoms with Gasteiger partial charge in [-0.15, -0.1) is 0 Å². The van der Waals surface area contributed by atoms with E-state index in [4.69, 9.17) is 4.74 Å². The summed E-state index contributed by atoms with van der Waals surface area (Å²) in [7, 11) is 0. The number of allylic oxidation sites excluding steroid dienone is 2. The summed E-state index contributed by atoms with van der Waals surface area (Å²) in [4.78, 5) is 18.3. The van der Waals surface area contributed by atoms with Crippen LogP contribution in [0.25, 0.3) is 0 Å². The Morgan fingerprint density at radius 1 is 1.32 bits per heavy atom. The third kappa shape index (κ3) is 2.94. The predicted molar refractivity (Wildman–Crippen MR) is 94.4 cm³/mol. The molecule has 114 valence electrons. The van der Waals surface area contributed by atoms with Crippen LogP contribution in [0.2, 0.25) is 0 Å². The van der Waals surface area contributed by atoms with Gasteiger partial charge in [0.05, 0.1) is 5.69 Å². The van der Waals surface area contributed by atoms with Crippen LogP contribution < -0.4 is 9.64 Å². The predicted octanol–water partition coefficient (Wildman–Crippen LogP) is 4.01. The lowest BCUT2D eigenvalue weighted by Gasteiger charge is -2.14. The first-order valence-corrected chi connectivity index (χ1v) is 8.93. The fourth-order valence-electron chi connectivity index (χ4n) is 2.24. The molecule has 2 aliphatic heterocycles. The number of nitrogens with zero attached hydrogens (tertiary/aromatic N) is 2. The van der Waals surface area contributed by atoms with Crippen LogP contribution in [0, 0.1) is 0 Å². The highest BCUT2D eigenvalue weighted by molar-refractivity contribution is 8.45. The average Bonchev–Trinajstić information content (AvgIpc) is 3.05. The maximum atomic E-state index is 11.9. The molecular weight excluding hydrogens is 316 g/mol. The molecule has 0 saturated heterocycles. The molecule has 1 aromatic carbocycles. The number of ether oxygens (including phenoxy) is 1. The number of anilines is 1. The molecule has 6 heteroatoms. The lowest BCUT2D eigenvalue weighted by atomic mass is 10.3. The third-order valence-electron chi connectivity index (χ3n) is 3.21. The van der Waals surface area contributed by atoms with Gasteiger partial charge in [0.1, 0.15) is 10.1 Å². The van der Waals surface area contributed by atoms with E-state index in [2.05, 4.69) is 16.8 Å². The summed E-state index contributed by atoms with van der Waals surface area (Å²) in [5.74, 6) is 2.47. The maximum Gasteiger partial charge on any atom is 0.244 e. The Hall–Kier alpha value is -1.66. The standard InChI is InChI=1S/C16H16N2O2S2/c1-3-18-12-7-5-6-8-13(12)20-14(18)10-9-11-15(19)22-16(17-11)21-4-2/h5-10H,3-4H2,1-2H3/b11-9-,14-10-. The van der Waals surface area contributed by atoms with Crippen LogP contribution in [-0.2, 0) is 4.79 Å². The molecule has 4 nitrogen and oxygen atoms in total. The minimum Gasteiger partial charge on any atom is -0.439 e. The lowest BCUT2D eigenvalue weighted by Crippen LogP contribution is -2.19. The molecule has 0 amide bonds. The largest absolute Gasteiger partial charge is 0.439 e. The number of hydrogen-bond acceptors (Lipinski definition) is 6. The second kappa shape index (κ2) is 6.62. The molecule has 0 radical (unpaired) electrons. The van der Waals surface area contributed by atoms with Crippen molar-refractivity contribution < 1.29 is 9.53 Å². The van der Waals surface area contributed by atoms with Gasteiger partial charge < -0.3 is 9.64 Å². The van der Waals surface area contributed by atoms with Crippen molar-refractivity contribution >= 4 is 38.7 Å². The van der Waals surface area contributed by atoms with Crippen LogP contribution in [0.1, 0.15) is 13.8 Å². The summed E-state index contributed by atoms with van der Waals surface area (Å²) < 4.78 is 6.67. The van der Waals surface area contributed by atoms with Crippen molar-refractivity contribution in [3.8, 4) is 5.75 Å². The van der Waals surface area contributed by atoms with Gasteiger partial charge in [0, 0.05) is 12.6 Å². The second-order valence-corrected chi connectivity index (χ2v) is 7.04. The first-order valence-electron chi connectivity index (χ1n) is 7.13. The van der Waals surface area contributed by atoms with Crippen molar-refractivity contribution in [2.75, 3.05) is 17.2 Å². The van der Waals surface area contributed by atoms with Gasteiger partial charge in [0.2, 0.25) is 11.0 Å². The highest BCUT2D eigenvalue weighted by Crippen LogP contribution is 2.38. The van der Waals surface area contributed by atoms with Gasteiger partial charge in [-0.25, -0.2) is 4.99 Å². The zero-order valence-electron chi connectivity index (χ0n) is 12.4. The third-order valence-corrected chi connectivity index (χ3v) is 5.10. The number of fused-ring (bicyclic) bond motifs is 1.